The Kier molecular flexibility index (Phi) is 3.79. The second-order valence-electron chi connectivity index (χ2n) is 4.84. The third-order valence-electron chi connectivity index (χ3n) is 3.33. The smallest absolute Gasteiger partial charge is 0.220 e. The van der Waals surface area contributed by atoms with Crippen LogP contribution in [0.5, 0.6) is 0 Å². The van der Waals surface area contributed by atoms with E-state index in [0.29, 0.717) is 18.5 Å². The van der Waals surface area contributed by atoms with Crippen LogP contribution < -0.4 is 10.6 Å². The summed E-state index contributed by atoms with van der Waals surface area (Å²) in [6.45, 7) is 5.10. The van der Waals surface area contributed by atoms with Crippen molar-refractivity contribution in [1.29, 1.82) is 0 Å². The maximum Gasteiger partial charge on any atom is 0.220 e. The molecule has 1 aliphatic rings. The van der Waals surface area contributed by atoms with Gasteiger partial charge in [-0.2, -0.15) is 0 Å². The molecule has 1 saturated heterocycles. The van der Waals surface area contributed by atoms with Crippen molar-refractivity contribution in [2.75, 3.05) is 6.54 Å². The van der Waals surface area contributed by atoms with Crippen LogP contribution in [0.25, 0.3) is 0 Å². The van der Waals surface area contributed by atoms with E-state index in [9.17, 15) is 4.79 Å². The fourth-order valence-corrected chi connectivity index (χ4v) is 2.12. The lowest BCUT2D eigenvalue weighted by molar-refractivity contribution is -0.119. The Balaban J connectivity index is 1.82. The molecule has 0 aliphatic carbocycles. The number of carbonyl (C=O) groups excluding carboxylic acids is 1. The molecule has 17 heavy (non-hydrogen) atoms. The summed E-state index contributed by atoms with van der Waals surface area (Å²) < 4.78 is 0. The molecule has 0 bridgehead atoms. The summed E-state index contributed by atoms with van der Waals surface area (Å²) in [4.78, 5) is 11.1. The number of hydrogen-bond acceptors (Lipinski definition) is 2. The average Bonchev–Trinajstić information content (AvgIpc) is 2.73. The number of rotatable bonds is 4. The Labute approximate surface area is 103 Å². The van der Waals surface area contributed by atoms with Crippen molar-refractivity contribution in [3.63, 3.8) is 0 Å². The minimum absolute atomic E-state index is 0.180. The van der Waals surface area contributed by atoms with Gasteiger partial charge in [0.05, 0.1) is 0 Å². The van der Waals surface area contributed by atoms with Crippen LogP contribution in [-0.2, 0) is 4.79 Å². The summed E-state index contributed by atoms with van der Waals surface area (Å²) in [6.07, 6.45) is 1.62. The van der Waals surface area contributed by atoms with Crippen molar-refractivity contribution in [2.45, 2.75) is 38.8 Å². The van der Waals surface area contributed by atoms with Crippen molar-refractivity contribution in [3.05, 3.63) is 35.4 Å². The highest BCUT2D eigenvalue weighted by atomic mass is 16.1. The molecule has 0 radical (unpaired) electrons. The van der Waals surface area contributed by atoms with Gasteiger partial charge in [0.15, 0.2) is 0 Å². The van der Waals surface area contributed by atoms with Gasteiger partial charge in [-0.3, -0.25) is 4.79 Å². The zero-order chi connectivity index (χ0) is 12.3. The highest BCUT2D eigenvalue weighted by molar-refractivity contribution is 5.78. The van der Waals surface area contributed by atoms with Gasteiger partial charge in [0.2, 0.25) is 5.91 Å². The van der Waals surface area contributed by atoms with Crippen LogP contribution in [0.1, 0.15) is 36.9 Å². The lowest BCUT2D eigenvalue weighted by Crippen LogP contribution is -2.36. The molecule has 2 N–H and O–H groups in total. The van der Waals surface area contributed by atoms with E-state index in [2.05, 4.69) is 48.7 Å². The molecule has 2 atom stereocenters. The highest BCUT2D eigenvalue weighted by Gasteiger charge is 2.20. The van der Waals surface area contributed by atoms with Crippen LogP contribution in [-0.4, -0.2) is 18.5 Å². The predicted octanol–water partition coefficient (Wildman–Crippen LogP) is 1.92. The zero-order valence-electron chi connectivity index (χ0n) is 10.5. The summed E-state index contributed by atoms with van der Waals surface area (Å²) in [5, 5.41) is 6.43. The molecule has 3 heteroatoms. The van der Waals surface area contributed by atoms with Crippen LogP contribution in [0.4, 0.5) is 0 Å². The molecule has 1 aliphatic heterocycles. The van der Waals surface area contributed by atoms with E-state index in [1.165, 1.54) is 11.1 Å². The fourth-order valence-electron chi connectivity index (χ4n) is 2.12. The maximum atomic E-state index is 11.1. The topological polar surface area (TPSA) is 41.1 Å². The Morgan fingerprint density at radius 3 is 2.71 bits per heavy atom. The summed E-state index contributed by atoms with van der Waals surface area (Å²) in [5.41, 5.74) is 2.57. The quantitative estimate of drug-likeness (QED) is 0.832. The second kappa shape index (κ2) is 5.32. The van der Waals surface area contributed by atoms with Crippen molar-refractivity contribution in [3.8, 4) is 0 Å². The normalized spacial score (nSPS) is 21.3. The van der Waals surface area contributed by atoms with Crippen LogP contribution in [0.15, 0.2) is 24.3 Å². The molecule has 0 aromatic heterocycles. The zero-order valence-corrected chi connectivity index (χ0v) is 10.5. The first-order valence-corrected chi connectivity index (χ1v) is 6.24. The fraction of sp³-hybridized carbons (Fsp3) is 0.500. The Morgan fingerprint density at radius 2 is 2.12 bits per heavy atom. The third kappa shape index (κ3) is 3.30. The van der Waals surface area contributed by atoms with Crippen molar-refractivity contribution >= 4 is 5.91 Å². The molecule has 1 heterocycles. The van der Waals surface area contributed by atoms with Gasteiger partial charge in [-0.05, 0) is 25.8 Å². The van der Waals surface area contributed by atoms with Crippen LogP contribution >= 0.6 is 0 Å². The average molecular weight is 232 g/mol. The van der Waals surface area contributed by atoms with Crippen LogP contribution in [0.2, 0.25) is 0 Å². The summed E-state index contributed by atoms with van der Waals surface area (Å²) >= 11 is 0. The van der Waals surface area contributed by atoms with E-state index in [0.717, 1.165) is 13.0 Å². The molecule has 1 fully saturated rings. The van der Waals surface area contributed by atoms with E-state index in [1.807, 2.05) is 0 Å². The second-order valence-corrected chi connectivity index (χ2v) is 4.84. The Morgan fingerprint density at radius 1 is 1.41 bits per heavy atom. The molecule has 0 spiro atoms. The van der Waals surface area contributed by atoms with E-state index in [1.54, 1.807) is 0 Å². The first-order valence-electron chi connectivity index (χ1n) is 6.24. The number of benzene rings is 1. The van der Waals surface area contributed by atoms with Crippen LogP contribution in [0.3, 0.4) is 0 Å². The summed E-state index contributed by atoms with van der Waals surface area (Å²) in [7, 11) is 0. The van der Waals surface area contributed by atoms with Gasteiger partial charge < -0.3 is 10.6 Å². The van der Waals surface area contributed by atoms with E-state index >= 15 is 0 Å². The number of hydrogen-bond donors (Lipinski definition) is 2. The molecule has 2 unspecified atom stereocenters. The molecule has 2 rings (SSSR count). The molecule has 1 aromatic rings. The van der Waals surface area contributed by atoms with Gasteiger partial charge >= 0.3 is 0 Å². The molecular weight excluding hydrogens is 212 g/mol. The molecular formula is C14H20N2O. The Hall–Kier alpha value is -1.35. The lowest BCUT2D eigenvalue weighted by atomic mass is 10.1. The van der Waals surface area contributed by atoms with Gasteiger partial charge in [-0.15, -0.1) is 0 Å². The summed E-state index contributed by atoms with van der Waals surface area (Å²) in [5.74, 6) is 0.180. The standard InChI is InChI=1S/C14H20N2O/c1-10-3-5-12(6-4-10)11(2)15-9-13-7-8-14(17)16-13/h3-6,11,13,15H,7-9H2,1-2H3,(H,16,17). The van der Waals surface area contributed by atoms with Gasteiger partial charge in [-0.25, -0.2) is 0 Å². The predicted molar refractivity (Wildman–Crippen MR) is 68.8 cm³/mol. The summed E-state index contributed by atoms with van der Waals surface area (Å²) in [6, 6.07) is 9.19. The van der Waals surface area contributed by atoms with Crippen LogP contribution in [0, 0.1) is 6.92 Å². The first kappa shape index (κ1) is 12.1. The van der Waals surface area contributed by atoms with Crippen molar-refractivity contribution in [1.82, 2.24) is 10.6 Å². The largest absolute Gasteiger partial charge is 0.352 e. The van der Waals surface area contributed by atoms with E-state index in [-0.39, 0.29) is 5.91 Å². The van der Waals surface area contributed by atoms with Gasteiger partial charge in [0.1, 0.15) is 0 Å². The Bertz CT molecular complexity index is 386. The minimum Gasteiger partial charge on any atom is -0.352 e. The number of carbonyl (C=O) groups is 1. The molecule has 92 valence electrons. The molecule has 1 aromatic carbocycles. The van der Waals surface area contributed by atoms with Gasteiger partial charge in [-0.1, -0.05) is 29.8 Å². The SMILES string of the molecule is Cc1ccc(C(C)NCC2CCC(=O)N2)cc1. The monoisotopic (exact) mass is 232 g/mol. The van der Waals surface area contributed by atoms with Gasteiger partial charge in [0.25, 0.3) is 0 Å². The minimum atomic E-state index is 0.180. The number of aryl methyl sites for hydroxylation is 1. The number of amides is 1. The van der Waals surface area contributed by atoms with E-state index in [4.69, 9.17) is 0 Å². The highest BCUT2D eigenvalue weighted by Crippen LogP contribution is 2.14. The third-order valence-corrected chi connectivity index (χ3v) is 3.33. The molecule has 3 nitrogen and oxygen atoms in total. The number of nitrogens with one attached hydrogen (secondary N) is 2. The maximum absolute atomic E-state index is 11.1. The van der Waals surface area contributed by atoms with Crippen molar-refractivity contribution < 1.29 is 4.79 Å². The lowest BCUT2D eigenvalue weighted by Gasteiger charge is -2.17. The van der Waals surface area contributed by atoms with Crippen molar-refractivity contribution in [2.24, 2.45) is 0 Å². The van der Waals surface area contributed by atoms with E-state index < -0.39 is 0 Å². The van der Waals surface area contributed by atoms with Gasteiger partial charge in [0, 0.05) is 25.0 Å². The molecule has 0 saturated carbocycles. The molecule has 1 amide bonds. The first-order chi connectivity index (χ1) is 8.15.